The average Bonchev–Trinajstić information content (AvgIpc) is 3.06. The molecule has 2 aliphatic heterocycles. The highest BCUT2D eigenvalue weighted by Gasteiger charge is 2.33. The van der Waals surface area contributed by atoms with Crippen LogP contribution < -0.4 is 10.6 Å². The van der Waals surface area contributed by atoms with Crippen LogP contribution in [0.1, 0.15) is 11.3 Å². The lowest BCUT2D eigenvalue weighted by atomic mass is 10.1. The van der Waals surface area contributed by atoms with Crippen molar-refractivity contribution in [3.05, 3.63) is 58.4 Å². The Hall–Kier alpha value is -2.27. The molecule has 4 rings (SSSR count). The zero-order valence-electron chi connectivity index (χ0n) is 13.6. The van der Waals surface area contributed by atoms with Gasteiger partial charge in [-0.1, -0.05) is 23.7 Å². The molecule has 0 aliphatic carbocycles. The molecule has 3 heterocycles. The molecule has 1 saturated heterocycles. The molecule has 1 aromatic heterocycles. The van der Waals surface area contributed by atoms with Gasteiger partial charge in [-0.05, 0) is 23.3 Å². The van der Waals surface area contributed by atoms with E-state index in [1.165, 1.54) is 5.57 Å². The van der Waals surface area contributed by atoms with Crippen LogP contribution in [0.3, 0.4) is 0 Å². The third-order valence-electron chi connectivity index (χ3n) is 4.64. The molecule has 1 unspecified atom stereocenters. The van der Waals surface area contributed by atoms with Crippen molar-refractivity contribution in [2.45, 2.75) is 6.42 Å². The van der Waals surface area contributed by atoms with Crippen molar-refractivity contribution in [1.82, 2.24) is 14.9 Å². The van der Waals surface area contributed by atoms with E-state index in [2.05, 4.69) is 39.1 Å². The molecule has 1 atom stereocenters. The zero-order valence-corrected chi connectivity index (χ0v) is 14.4. The molecule has 6 heteroatoms. The van der Waals surface area contributed by atoms with Gasteiger partial charge in [0.15, 0.2) is 0 Å². The quantitative estimate of drug-likeness (QED) is 0.929. The van der Waals surface area contributed by atoms with Crippen LogP contribution in [0.4, 0.5) is 11.8 Å². The highest BCUT2D eigenvalue weighted by atomic mass is 35.5. The molecule has 0 saturated carbocycles. The van der Waals surface area contributed by atoms with Gasteiger partial charge < -0.3 is 15.5 Å². The number of rotatable bonds is 3. The molecule has 1 aromatic carbocycles. The number of anilines is 2. The van der Waals surface area contributed by atoms with Crippen molar-refractivity contribution >= 4 is 23.4 Å². The topological polar surface area (TPSA) is 58.3 Å². The minimum Gasteiger partial charge on any atom is -0.380 e. The Balaban J connectivity index is 1.56. The van der Waals surface area contributed by atoms with E-state index in [1.54, 1.807) is 0 Å². The molecule has 2 aliphatic rings. The first kappa shape index (κ1) is 15.3. The Labute approximate surface area is 146 Å². The fourth-order valence-electron chi connectivity index (χ4n) is 3.54. The van der Waals surface area contributed by atoms with Crippen molar-refractivity contribution in [2.75, 3.05) is 37.3 Å². The minimum absolute atomic E-state index is 0.333. The van der Waals surface area contributed by atoms with E-state index in [-0.39, 0.29) is 0 Å². The first-order valence-electron chi connectivity index (χ1n) is 8.10. The Kier molecular flexibility index (Phi) is 3.81. The molecule has 2 aromatic rings. The summed E-state index contributed by atoms with van der Waals surface area (Å²) in [5, 5.41) is 0.739. The average molecular weight is 342 g/mol. The summed E-state index contributed by atoms with van der Waals surface area (Å²) in [6.07, 6.45) is 2.98. The predicted molar refractivity (Wildman–Crippen MR) is 97.1 cm³/mol. The maximum Gasteiger partial charge on any atom is 0.222 e. The molecule has 24 heavy (non-hydrogen) atoms. The van der Waals surface area contributed by atoms with Crippen LogP contribution in [0.25, 0.3) is 0 Å². The van der Waals surface area contributed by atoms with Crippen LogP contribution in [0.5, 0.6) is 0 Å². The summed E-state index contributed by atoms with van der Waals surface area (Å²) in [7, 11) is 2.13. The highest BCUT2D eigenvalue weighted by Crippen LogP contribution is 2.31. The van der Waals surface area contributed by atoms with Gasteiger partial charge in [0.2, 0.25) is 5.95 Å². The number of hydrogen-bond acceptors (Lipinski definition) is 5. The first-order chi connectivity index (χ1) is 11.6. The number of aromatic nitrogens is 2. The fourth-order valence-corrected chi connectivity index (χ4v) is 3.67. The van der Waals surface area contributed by atoms with E-state index in [0.29, 0.717) is 11.9 Å². The van der Waals surface area contributed by atoms with Gasteiger partial charge in [0.05, 0.1) is 5.69 Å². The number of hydrogen-bond donors (Lipinski definition) is 1. The lowest BCUT2D eigenvalue weighted by Crippen LogP contribution is -2.25. The van der Waals surface area contributed by atoms with Crippen molar-refractivity contribution < 1.29 is 0 Å². The maximum atomic E-state index is 5.95. The molecule has 0 spiro atoms. The van der Waals surface area contributed by atoms with Gasteiger partial charge in [-0.25, -0.2) is 4.98 Å². The monoisotopic (exact) mass is 341 g/mol. The Morgan fingerprint density at radius 3 is 2.75 bits per heavy atom. The van der Waals surface area contributed by atoms with Gasteiger partial charge in [0.1, 0.15) is 5.82 Å². The summed E-state index contributed by atoms with van der Waals surface area (Å²) in [6, 6.07) is 9.87. The van der Waals surface area contributed by atoms with Gasteiger partial charge in [-0.3, -0.25) is 0 Å². The van der Waals surface area contributed by atoms with Crippen LogP contribution >= 0.6 is 11.6 Å². The normalized spacial score (nSPS) is 19.6. The molecule has 0 radical (unpaired) electrons. The van der Waals surface area contributed by atoms with Crippen LogP contribution in [-0.2, 0) is 6.42 Å². The van der Waals surface area contributed by atoms with Crippen LogP contribution in [0.2, 0.25) is 5.02 Å². The van der Waals surface area contributed by atoms with Gasteiger partial charge in [0, 0.05) is 56.3 Å². The van der Waals surface area contributed by atoms with Gasteiger partial charge in [-0.2, -0.15) is 4.98 Å². The van der Waals surface area contributed by atoms with E-state index in [0.717, 1.165) is 48.2 Å². The Morgan fingerprint density at radius 1 is 1.21 bits per heavy atom. The fraction of sp³-hybridized carbons (Fsp3) is 0.333. The van der Waals surface area contributed by atoms with E-state index in [4.69, 9.17) is 17.3 Å². The summed E-state index contributed by atoms with van der Waals surface area (Å²) < 4.78 is 0. The number of nitrogens with zero attached hydrogens (tertiary/aromatic N) is 4. The largest absolute Gasteiger partial charge is 0.380 e. The first-order valence-corrected chi connectivity index (χ1v) is 8.48. The highest BCUT2D eigenvalue weighted by molar-refractivity contribution is 6.30. The molecule has 1 fully saturated rings. The Morgan fingerprint density at radius 2 is 2.00 bits per heavy atom. The number of nitrogen functional groups attached to an aromatic ring is 1. The van der Waals surface area contributed by atoms with Crippen LogP contribution in [0, 0.1) is 5.92 Å². The predicted octanol–water partition coefficient (Wildman–Crippen LogP) is 2.57. The lowest BCUT2D eigenvalue weighted by Gasteiger charge is -2.20. The zero-order chi connectivity index (χ0) is 16.7. The molecule has 124 valence electrons. The third-order valence-corrected chi connectivity index (χ3v) is 4.89. The van der Waals surface area contributed by atoms with Crippen LogP contribution in [-0.4, -0.2) is 41.5 Å². The molecular formula is C18H20ClN5. The second kappa shape index (κ2) is 5.98. The second-order valence-electron chi connectivity index (χ2n) is 6.60. The molecule has 2 N–H and O–H groups in total. The SMILES string of the molecule is CN1C=C2CN(c3cc(Cc4ccc(Cl)cc4)nc(N)n3)CC2C1. The van der Waals surface area contributed by atoms with Crippen LogP contribution in [0.15, 0.2) is 42.1 Å². The van der Waals surface area contributed by atoms with E-state index in [1.807, 2.05) is 24.3 Å². The second-order valence-corrected chi connectivity index (χ2v) is 7.04. The summed E-state index contributed by atoms with van der Waals surface area (Å²) >= 11 is 5.95. The van der Waals surface area contributed by atoms with E-state index in [9.17, 15) is 0 Å². The van der Waals surface area contributed by atoms with Crippen molar-refractivity contribution in [1.29, 1.82) is 0 Å². The summed E-state index contributed by atoms with van der Waals surface area (Å²) in [4.78, 5) is 13.4. The molecular weight excluding hydrogens is 322 g/mol. The summed E-state index contributed by atoms with van der Waals surface area (Å²) in [5.41, 5.74) is 9.52. The van der Waals surface area contributed by atoms with E-state index < -0.39 is 0 Å². The van der Waals surface area contributed by atoms with Gasteiger partial charge in [0.25, 0.3) is 0 Å². The van der Waals surface area contributed by atoms with Crippen molar-refractivity contribution in [3.63, 3.8) is 0 Å². The maximum absolute atomic E-state index is 5.95. The number of halogens is 1. The molecule has 0 bridgehead atoms. The lowest BCUT2D eigenvalue weighted by molar-refractivity contribution is 0.442. The van der Waals surface area contributed by atoms with E-state index >= 15 is 0 Å². The number of fused-ring (bicyclic) bond motifs is 1. The molecule has 0 amide bonds. The summed E-state index contributed by atoms with van der Waals surface area (Å²) in [5.74, 6) is 1.86. The molecule has 5 nitrogen and oxygen atoms in total. The van der Waals surface area contributed by atoms with Crippen molar-refractivity contribution in [2.24, 2.45) is 5.92 Å². The number of benzene rings is 1. The van der Waals surface area contributed by atoms with Crippen molar-refractivity contribution in [3.8, 4) is 0 Å². The smallest absolute Gasteiger partial charge is 0.222 e. The minimum atomic E-state index is 0.333. The van der Waals surface area contributed by atoms with Gasteiger partial charge in [-0.15, -0.1) is 0 Å². The van der Waals surface area contributed by atoms with Gasteiger partial charge >= 0.3 is 0 Å². The Bertz CT molecular complexity index is 786. The summed E-state index contributed by atoms with van der Waals surface area (Å²) in [6.45, 7) is 3.00. The third kappa shape index (κ3) is 3.04. The number of nitrogens with two attached hydrogens (primary N) is 1. The standard InChI is InChI=1S/C18H20ClN5/c1-23-8-13-10-24(11-14(13)9-23)17-7-16(21-18(20)22-17)6-12-2-4-15(19)5-3-12/h2-5,7-8,14H,6,9-11H2,1H3,(H2,20,21,22).